The lowest BCUT2D eigenvalue weighted by Crippen LogP contribution is -2.34. The normalized spacial score (nSPS) is 18.8. The van der Waals surface area contributed by atoms with Crippen LogP contribution in [0.4, 0.5) is 4.39 Å². The molecule has 1 aliphatic heterocycles. The zero-order valence-corrected chi connectivity index (χ0v) is 12.4. The topological polar surface area (TPSA) is 33.2 Å². The maximum absolute atomic E-state index is 13.1. The average Bonchev–Trinajstić information content (AvgIpc) is 2.82. The fourth-order valence-electron chi connectivity index (χ4n) is 3.01. The minimum Gasteiger partial charge on any atom is -0.338 e. The molecule has 1 unspecified atom stereocenters. The summed E-state index contributed by atoms with van der Waals surface area (Å²) < 4.78 is 13.1. The Kier molecular flexibility index (Phi) is 4.47. The van der Waals surface area contributed by atoms with E-state index in [0.29, 0.717) is 12.1 Å². The minimum absolute atomic E-state index is 0.0522. The summed E-state index contributed by atoms with van der Waals surface area (Å²) in [6.45, 7) is 1.46. The van der Waals surface area contributed by atoms with Crippen LogP contribution in [0.15, 0.2) is 48.8 Å². The SMILES string of the molecule is O=C(c1ccncc1)N1CCCCC(c2ccc(F)cc2)C1. The third-order valence-electron chi connectivity index (χ3n) is 4.23. The summed E-state index contributed by atoms with van der Waals surface area (Å²) in [5.41, 5.74) is 1.78. The number of amides is 1. The molecule has 22 heavy (non-hydrogen) atoms. The molecule has 1 aromatic carbocycles. The Labute approximate surface area is 129 Å². The van der Waals surface area contributed by atoms with Crippen LogP contribution in [-0.2, 0) is 0 Å². The van der Waals surface area contributed by atoms with Crippen LogP contribution >= 0.6 is 0 Å². The van der Waals surface area contributed by atoms with Crippen LogP contribution in [0.3, 0.4) is 0 Å². The first-order valence-corrected chi connectivity index (χ1v) is 7.69. The Morgan fingerprint density at radius 1 is 1.09 bits per heavy atom. The molecule has 0 radical (unpaired) electrons. The van der Waals surface area contributed by atoms with Crippen LogP contribution in [-0.4, -0.2) is 28.9 Å². The van der Waals surface area contributed by atoms with Crippen molar-refractivity contribution in [1.29, 1.82) is 0 Å². The van der Waals surface area contributed by atoms with Crippen molar-refractivity contribution < 1.29 is 9.18 Å². The van der Waals surface area contributed by atoms with Crippen LogP contribution in [0.2, 0.25) is 0 Å². The van der Waals surface area contributed by atoms with Gasteiger partial charge in [0.25, 0.3) is 5.91 Å². The van der Waals surface area contributed by atoms with Gasteiger partial charge in [-0.05, 0) is 42.7 Å². The van der Waals surface area contributed by atoms with Crippen LogP contribution in [0.25, 0.3) is 0 Å². The molecular formula is C18H19FN2O. The van der Waals surface area contributed by atoms with Gasteiger partial charge < -0.3 is 4.90 Å². The molecule has 3 nitrogen and oxygen atoms in total. The lowest BCUT2D eigenvalue weighted by molar-refractivity contribution is 0.0754. The molecule has 1 fully saturated rings. The van der Waals surface area contributed by atoms with Crippen molar-refractivity contribution in [2.75, 3.05) is 13.1 Å². The number of benzene rings is 1. The van der Waals surface area contributed by atoms with Gasteiger partial charge in [0, 0.05) is 37.0 Å². The Morgan fingerprint density at radius 2 is 1.82 bits per heavy atom. The summed E-state index contributed by atoms with van der Waals surface area (Å²) in [7, 11) is 0. The van der Waals surface area contributed by atoms with Crippen molar-refractivity contribution >= 4 is 5.91 Å². The number of likely N-dealkylation sites (tertiary alicyclic amines) is 1. The lowest BCUT2D eigenvalue weighted by Gasteiger charge is -2.25. The zero-order chi connectivity index (χ0) is 15.4. The van der Waals surface area contributed by atoms with Crippen molar-refractivity contribution in [3.05, 3.63) is 65.7 Å². The predicted octanol–water partition coefficient (Wildman–Crippen LogP) is 3.63. The Morgan fingerprint density at radius 3 is 2.55 bits per heavy atom. The van der Waals surface area contributed by atoms with E-state index in [-0.39, 0.29) is 17.6 Å². The molecule has 0 saturated carbocycles. The smallest absolute Gasteiger partial charge is 0.253 e. The standard InChI is InChI=1S/C18H19FN2O/c19-17-6-4-14(5-7-17)16-3-1-2-12-21(13-16)18(22)15-8-10-20-11-9-15/h4-11,16H,1-3,12-13H2. The van der Waals surface area contributed by atoms with Crippen molar-refractivity contribution in [1.82, 2.24) is 9.88 Å². The van der Waals surface area contributed by atoms with E-state index < -0.39 is 0 Å². The highest BCUT2D eigenvalue weighted by Crippen LogP contribution is 2.27. The van der Waals surface area contributed by atoms with E-state index in [1.54, 1.807) is 24.5 Å². The molecule has 1 aliphatic rings. The molecule has 0 N–H and O–H groups in total. The molecule has 2 heterocycles. The van der Waals surface area contributed by atoms with E-state index in [9.17, 15) is 9.18 Å². The van der Waals surface area contributed by atoms with E-state index in [2.05, 4.69) is 4.98 Å². The van der Waals surface area contributed by atoms with E-state index >= 15 is 0 Å². The summed E-state index contributed by atoms with van der Waals surface area (Å²) in [6, 6.07) is 10.2. The third-order valence-corrected chi connectivity index (χ3v) is 4.23. The molecule has 1 atom stereocenters. The van der Waals surface area contributed by atoms with Crippen molar-refractivity contribution in [2.45, 2.75) is 25.2 Å². The van der Waals surface area contributed by atoms with Crippen LogP contribution in [0, 0.1) is 5.82 Å². The van der Waals surface area contributed by atoms with Crippen molar-refractivity contribution in [3.63, 3.8) is 0 Å². The van der Waals surface area contributed by atoms with Gasteiger partial charge in [-0.3, -0.25) is 9.78 Å². The number of rotatable bonds is 2. The number of nitrogens with zero attached hydrogens (tertiary/aromatic N) is 2. The van der Waals surface area contributed by atoms with Gasteiger partial charge in [0.1, 0.15) is 5.82 Å². The minimum atomic E-state index is -0.220. The maximum Gasteiger partial charge on any atom is 0.253 e. The summed E-state index contributed by atoms with van der Waals surface area (Å²) in [5, 5.41) is 0. The van der Waals surface area contributed by atoms with Gasteiger partial charge >= 0.3 is 0 Å². The molecule has 3 rings (SSSR count). The predicted molar refractivity (Wildman–Crippen MR) is 83.1 cm³/mol. The number of carbonyl (C=O) groups excluding carboxylic acids is 1. The molecular weight excluding hydrogens is 279 g/mol. The first kappa shape index (κ1) is 14.7. The average molecular weight is 298 g/mol. The quantitative estimate of drug-likeness (QED) is 0.848. The first-order chi connectivity index (χ1) is 10.7. The van der Waals surface area contributed by atoms with E-state index in [0.717, 1.165) is 31.4 Å². The lowest BCUT2D eigenvalue weighted by atomic mass is 9.94. The molecule has 1 aromatic heterocycles. The summed E-state index contributed by atoms with van der Waals surface area (Å²) in [4.78, 5) is 18.5. The number of carbonyl (C=O) groups is 1. The molecule has 0 aliphatic carbocycles. The highest BCUT2D eigenvalue weighted by atomic mass is 19.1. The molecule has 1 amide bonds. The molecule has 2 aromatic rings. The fourth-order valence-corrected chi connectivity index (χ4v) is 3.01. The second kappa shape index (κ2) is 6.69. The van der Waals surface area contributed by atoms with E-state index in [1.807, 2.05) is 17.0 Å². The van der Waals surface area contributed by atoms with Gasteiger partial charge in [-0.25, -0.2) is 4.39 Å². The number of hydrogen-bond acceptors (Lipinski definition) is 2. The van der Waals surface area contributed by atoms with Crippen LogP contribution in [0.1, 0.15) is 41.1 Å². The van der Waals surface area contributed by atoms with Crippen LogP contribution < -0.4 is 0 Å². The summed E-state index contributed by atoms with van der Waals surface area (Å²) >= 11 is 0. The van der Waals surface area contributed by atoms with Gasteiger partial charge in [-0.1, -0.05) is 18.6 Å². The van der Waals surface area contributed by atoms with Gasteiger partial charge in [-0.15, -0.1) is 0 Å². The Hall–Kier alpha value is -2.23. The van der Waals surface area contributed by atoms with Crippen molar-refractivity contribution in [2.24, 2.45) is 0 Å². The number of halogens is 1. The van der Waals surface area contributed by atoms with Crippen molar-refractivity contribution in [3.8, 4) is 0 Å². The maximum atomic E-state index is 13.1. The van der Waals surface area contributed by atoms with Gasteiger partial charge in [0.15, 0.2) is 0 Å². The second-order valence-corrected chi connectivity index (χ2v) is 5.73. The fraction of sp³-hybridized carbons (Fsp3) is 0.333. The molecule has 0 spiro atoms. The Bertz CT molecular complexity index is 627. The molecule has 1 saturated heterocycles. The molecule has 0 bridgehead atoms. The second-order valence-electron chi connectivity index (χ2n) is 5.73. The monoisotopic (exact) mass is 298 g/mol. The first-order valence-electron chi connectivity index (χ1n) is 7.69. The number of aromatic nitrogens is 1. The van der Waals surface area contributed by atoms with E-state index in [4.69, 9.17) is 0 Å². The highest BCUT2D eigenvalue weighted by molar-refractivity contribution is 5.94. The van der Waals surface area contributed by atoms with Crippen LogP contribution in [0.5, 0.6) is 0 Å². The summed E-state index contributed by atoms with van der Waals surface area (Å²) in [6.07, 6.45) is 6.41. The van der Waals surface area contributed by atoms with Gasteiger partial charge in [-0.2, -0.15) is 0 Å². The molecule has 4 heteroatoms. The van der Waals surface area contributed by atoms with Gasteiger partial charge in [0.2, 0.25) is 0 Å². The third kappa shape index (κ3) is 3.32. The highest BCUT2D eigenvalue weighted by Gasteiger charge is 2.23. The Balaban J connectivity index is 1.78. The number of pyridine rings is 1. The number of hydrogen-bond donors (Lipinski definition) is 0. The summed E-state index contributed by atoms with van der Waals surface area (Å²) in [5.74, 6) is 0.104. The van der Waals surface area contributed by atoms with Gasteiger partial charge in [0.05, 0.1) is 0 Å². The largest absolute Gasteiger partial charge is 0.338 e. The molecule has 114 valence electrons. The zero-order valence-electron chi connectivity index (χ0n) is 12.4. The van der Waals surface area contributed by atoms with E-state index in [1.165, 1.54) is 12.1 Å².